The van der Waals surface area contributed by atoms with E-state index in [0.717, 1.165) is 4.90 Å². The van der Waals surface area contributed by atoms with Gasteiger partial charge in [-0.15, -0.1) is 23.2 Å². The fourth-order valence-electron chi connectivity index (χ4n) is 6.20. The van der Waals surface area contributed by atoms with E-state index in [4.69, 9.17) is 23.2 Å². The van der Waals surface area contributed by atoms with Crippen molar-refractivity contribution in [3.8, 4) is 5.75 Å². The number of halogens is 2. The van der Waals surface area contributed by atoms with E-state index >= 15 is 0 Å². The van der Waals surface area contributed by atoms with Crippen molar-refractivity contribution in [1.29, 1.82) is 0 Å². The standard InChI is InChI=1S/C23H22Cl2N2O5/c1-3-27-18(29)13-9-8-11-14(16(13)19(27)30)10-22(24)20(31)26(2)21(32)23(22,25)17(11)12-6-4-5-7-15(12)28/h4-8,13-14,16-17,28H,3,9-10H2,1-2H3/t13-,14+,16-,17+,22+,23-/m0/s1. The minimum absolute atomic E-state index is 0.0410. The van der Waals surface area contributed by atoms with Crippen LogP contribution < -0.4 is 0 Å². The number of fused-ring (bicyclic) bond motifs is 4. The van der Waals surface area contributed by atoms with Crippen LogP contribution in [-0.4, -0.2) is 61.9 Å². The van der Waals surface area contributed by atoms with E-state index in [1.54, 1.807) is 25.1 Å². The summed E-state index contributed by atoms with van der Waals surface area (Å²) in [6.45, 7) is 2.01. The van der Waals surface area contributed by atoms with Crippen LogP contribution in [0.25, 0.3) is 0 Å². The SMILES string of the molecule is CCN1C(=O)[C@H]2[C@H](CC=C3[C@H]2C[C@@]2(Cl)C(=O)N(C)C(=O)[C@@]2(Cl)[C@H]3c2ccccc2O)C1=O. The smallest absolute Gasteiger partial charge is 0.253 e. The van der Waals surface area contributed by atoms with E-state index in [-0.39, 0.29) is 30.5 Å². The molecule has 0 spiro atoms. The third kappa shape index (κ3) is 2.33. The number of nitrogens with zero attached hydrogens (tertiary/aromatic N) is 2. The number of carbonyl (C=O) groups is 4. The van der Waals surface area contributed by atoms with Gasteiger partial charge in [-0.1, -0.05) is 29.8 Å². The number of para-hydroxylation sites is 1. The van der Waals surface area contributed by atoms with Gasteiger partial charge in [-0.05, 0) is 31.7 Å². The molecule has 4 aliphatic rings. The Hall–Kier alpha value is -2.38. The maximum absolute atomic E-state index is 13.3. The molecule has 5 rings (SSSR count). The molecule has 2 heterocycles. The first kappa shape index (κ1) is 21.5. The van der Waals surface area contributed by atoms with Crippen LogP contribution in [0.5, 0.6) is 5.75 Å². The summed E-state index contributed by atoms with van der Waals surface area (Å²) >= 11 is 14.0. The molecule has 6 atom stereocenters. The molecule has 4 amide bonds. The van der Waals surface area contributed by atoms with Gasteiger partial charge in [0.15, 0.2) is 9.75 Å². The van der Waals surface area contributed by atoms with Crippen molar-refractivity contribution in [1.82, 2.24) is 9.80 Å². The lowest BCUT2D eigenvalue weighted by atomic mass is 9.56. The van der Waals surface area contributed by atoms with Gasteiger partial charge in [0.1, 0.15) is 5.75 Å². The average molecular weight is 477 g/mol. The summed E-state index contributed by atoms with van der Waals surface area (Å²) in [4.78, 5) is 51.1. The molecule has 1 aromatic carbocycles. The minimum Gasteiger partial charge on any atom is -0.508 e. The van der Waals surface area contributed by atoms with Gasteiger partial charge in [-0.25, -0.2) is 0 Å². The highest BCUT2D eigenvalue weighted by molar-refractivity contribution is 6.53. The second-order valence-electron chi connectivity index (χ2n) is 8.98. The first-order valence-corrected chi connectivity index (χ1v) is 11.4. The van der Waals surface area contributed by atoms with Crippen LogP contribution in [-0.2, 0) is 19.2 Å². The zero-order chi connectivity index (χ0) is 23.2. The Morgan fingerprint density at radius 3 is 2.41 bits per heavy atom. The number of amides is 4. The number of benzene rings is 1. The Kier molecular flexibility index (Phi) is 4.57. The highest BCUT2D eigenvalue weighted by atomic mass is 35.5. The lowest BCUT2D eigenvalue weighted by molar-refractivity contribution is -0.141. The molecule has 0 bridgehead atoms. The van der Waals surface area contributed by atoms with E-state index in [1.807, 2.05) is 6.08 Å². The Balaban J connectivity index is 1.75. The highest BCUT2D eigenvalue weighted by Crippen LogP contribution is 2.65. The van der Waals surface area contributed by atoms with Gasteiger partial charge >= 0.3 is 0 Å². The van der Waals surface area contributed by atoms with Gasteiger partial charge in [0, 0.05) is 25.1 Å². The number of aromatic hydroxyl groups is 1. The lowest BCUT2D eigenvalue weighted by Gasteiger charge is -2.50. The van der Waals surface area contributed by atoms with Crippen LogP contribution in [0, 0.1) is 17.8 Å². The average Bonchev–Trinajstić information content (AvgIpc) is 3.09. The number of phenols is 1. The van der Waals surface area contributed by atoms with Crippen molar-refractivity contribution >= 4 is 46.8 Å². The molecule has 32 heavy (non-hydrogen) atoms. The van der Waals surface area contributed by atoms with Gasteiger partial charge in [0.25, 0.3) is 11.8 Å². The molecule has 1 N–H and O–H groups in total. The Labute approximate surface area is 194 Å². The van der Waals surface area contributed by atoms with Crippen LogP contribution in [0.3, 0.4) is 0 Å². The maximum Gasteiger partial charge on any atom is 0.253 e. The normalized spacial score (nSPS) is 38.6. The van der Waals surface area contributed by atoms with Crippen molar-refractivity contribution in [3.63, 3.8) is 0 Å². The Bertz CT molecular complexity index is 1120. The third-order valence-electron chi connectivity index (χ3n) is 7.67. The molecule has 3 fully saturated rings. The summed E-state index contributed by atoms with van der Waals surface area (Å²) in [6.07, 6.45) is 2.13. The van der Waals surface area contributed by atoms with Crippen molar-refractivity contribution < 1.29 is 24.3 Å². The van der Waals surface area contributed by atoms with E-state index < -0.39 is 45.2 Å². The van der Waals surface area contributed by atoms with Gasteiger partial charge in [-0.2, -0.15) is 0 Å². The van der Waals surface area contributed by atoms with Gasteiger partial charge < -0.3 is 5.11 Å². The first-order chi connectivity index (χ1) is 15.1. The summed E-state index contributed by atoms with van der Waals surface area (Å²) < 4.78 is 0. The van der Waals surface area contributed by atoms with Crippen LogP contribution in [0.4, 0.5) is 0 Å². The quantitative estimate of drug-likeness (QED) is 0.401. The molecule has 2 saturated heterocycles. The second kappa shape index (κ2) is 6.81. The molecule has 0 unspecified atom stereocenters. The molecular formula is C23H22Cl2N2O5. The number of alkyl halides is 2. The van der Waals surface area contributed by atoms with Gasteiger partial charge in [-0.3, -0.25) is 29.0 Å². The monoisotopic (exact) mass is 476 g/mol. The number of allylic oxidation sites excluding steroid dienone is 2. The van der Waals surface area contributed by atoms with Crippen molar-refractivity contribution in [3.05, 3.63) is 41.5 Å². The lowest BCUT2D eigenvalue weighted by Crippen LogP contribution is -2.60. The van der Waals surface area contributed by atoms with Crippen molar-refractivity contribution in [2.45, 2.75) is 35.4 Å². The zero-order valence-corrected chi connectivity index (χ0v) is 19.1. The summed E-state index contributed by atoms with van der Waals surface area (Å²) in [5, 5.41) is 10.7. The van der Waals surface area contributed by atoms with Crippen LogP contribution in [0.2, 0.25) is 0 Å². The molecular weight excluding hydrogens is 455 g/mol. The predicted molar refractivity (Wildman–Crippen MR) is 116 cm³/mol. The Morgan fingerprint density at radius 1 is 1.06 bits per heavy atom. The molecule has 2 aliphatic carbocycles. The number of phenolic OH excluding ortho intramolecular Hbond substituents is 1. The number of rotatable bonds is 2. The first-order valence-electron chi connectivity index (χ1n) is 10.6. The second-order valence-corrected chi connectivity index (χ2v) is 10.2. The predicted octanol–water partition coefficient (Wildman–Crippen LogP) is 2.40. The largest absolute Gasteiger partial charge is 0.508 e. The number of imide groups is 2. The fraction of sp³-hybridized carbons (Fsp3) is 0.478. The van der Waals surface area contributed by atoms with Crippen LogP contribution >= 0.6 is 23.2 Å². The zero-order valence-electron chi connectivity index (χ0n) is 17.5. The number of likely N-dealkylation sites (tertiary alicyclic amines) is 2. The molecule has 1 saturated carbocycles. The number of hydrogen-bond donors (Lipinski definition) is 1. The summed E-state index contributed by atoms with van der Waals surface area (Å²) in [5.41, 5.74) is 1.04. The molecule has 1 aromatic rings. The molecule has 9 heteroatoms. The number of hydrogen-bond acceptors (Lipinski definition) is 5. The molecule has 0 aromatic heterocycles. The molecule has 0 radical (unpaired) electrons. The highest BCUT2D eigenvalue weighted by Gasteiger charge is 2.76. The summed E-state index contributed by atoms with van der Waals surface area (Å²) in [5.74, 6) is -4.57. The van der Waals surface area contributed by atoms with Crippen LogP contribution in [0.15, 0.2) is 35.9 Å². The van der Waals surface area contributed by atoms with Gasteiger partial charge in [0.2, 0.25) is 11.8 Å². The van der Waals surface area contributed by atoms with E-state index in [1.165, 1.54) is 18.0 Å². The van der Waals surface area contributed by atoms with Crippen molar-refractivity contribution in [2.24, 2.45) is 17.8 Å². The molecule has 168 valence electrons. The van der Waals surface area contributed by atoms with E-state index in [9.17, 15) is 24.3 Å². The molecule has 7 nitrogen and oxygen atoms in total. The van der Waals surface area contributed by atoms with Gasteiger partial charge in [0.05, 0.1) is 11.8 Å². The maximum atomic E-state index is 13.3. The Morgan fingerprint density at radius 2 is 1.75 bits per heavy atom. The summed E-state index contributed by atoms with van der Waals surface area (Å²) in [6, 6.07) is 6.47. The number of carbonyl (C=O) groups excluding carboxylic acids is 4. The third-order valence-corrected chi connectivity index (χ3v) is 9.08. The van der Waals surface area contributed by atoms with Crippen LogP contribution in [0.1, 0.15) is 31.2 Å². The summed E-state index contributed by atoms with van der Waals surface area (Å²) in [7, 11) is 1.34. The molecule has 2 aliphatic heterocycles. The van der Waals surface area contributed by atoms with Crippen molar-refractivity contribution in [2.75, 3.05) is 13.6 Å². The van der Waals surface area contributed by atoms with E-state index in [0.29, 0.717) is 17.6 Å². The topological polar surface area (TPSA) is 95.0 Å². The van der Waals surface area contributed by atoms with E-state index in [2.05, 4.69) is 0 Å². The fourth-order valence-corrected chi connectivity index (χ4v) is 7.21. The minimum atomic E-state index is -1.87.